The van der Waals surface area contributed by atoms with E-state index in [-0.39, 0.29) is 11.4 Å². The minimum absolute atomic E-state index is 0.252. The Labute approximate surface area is 69.5 Å². The van der Waals surface area contributed by atoms with Gasteiger partial charge in [-0.2, -0.15) is 0 Å². The predicted octanol–water partition coefficient (Wildman–Crippen LogP) is 2.75. The van der Waals surface area contributed by atoms with Crippen LogP contribution in [0.15, 0.2) is 0 Å². The van der Waals surface area contributed by atoms with Gasteiger partial charge in [-0.15, -0.1) is 0 Å². The van der Waals surface area contributed by atoms with Gasteiger partial charge in [0, 0.05) is 16.5 Å². The van der Waals surface area contributed by atoms with Gasteiger partial charge in [-0.05, 0) is 13.8 Å². The fourth-order valence-electron chi connectivity index (χ4n) is 0.291. The second kappa shape index (κ2) is 5.92. The van der Waals surface area contributed by atoms with Crippen LogP contribution in [0.25, 0.3) is 0 Å². The smallest absolute Gasteiger partial charge is 0.378 e. The maximum Gasteiger partial charge on any atom is 0.378 e. The van der Waals surface area contributed by atoms with E-state index in [1.807, 2.05) is 6.92 Å². The minimum Gasteiger partial charge on any atom is -0.454 e. The summed E-state index contributed by atoms with van der Waals surface area (Å²) >= 11 is 0. The van der Waals surface area contributed by atoms with Gasteiger partial charge in [0.25, 0.3) is 0 Å². The summed E-state index contributed by atoms with van der Waals surface area (Å²) in [6.07, 6.45) is -0.252. The van der Waals surface area contributed by atoms with Crippen LogP contribution in [0.5, 0.6) is 0 Å². The second-order valence-electron chi connectivity index (χ2n) is 1.67. The van der Waals surface area contributed by atoms with E-state index in [9.17, 15) is 4.79 Å². The van der Waals surface area contributed by atoms with Gasteiger partial charge in [0.15, 0.2) is 0 Å². The topological polar surface area (TPSA) is 26.3 Å². The largest absolute Gasteiger partial charge is 0.454 e. The third kappa shape index (κ3) is 6.29. The number of carbonyl (C=O) groups is 1. The highest BCUT2D eigenvalue weighted by Gasteiger charge is 2.04. The lowest BCUT2D eigenvalue weighted by atomic mass is 10.5. The Balaban J connectivity index is 3.26. The van der Waals surface area contributed by atoms with Gasteiger partial charge >= 0.3 is 5.30 Å². The molecule has 2 nitrogen and oxygen atoms in total. The summed E-state index contributed by atoms with van der Waals surface area (Å²) in [5.74, 6) is 0.908. The highest BCUT2D eigenvalue weighted by atomic mass is 33.1. The van der Waals surface area contributed by atoms with Crippen molar-refractivity contribution in [2.45, 2.75) is 20.0 Å². The van der Waals surface area contributed by atoms with Gasteiger partial charge in [0.05, 0.1) is 0 Å². The Hall–Kier alpha value is 0.170. The summed E-state index contributed by atoms with van der Waals surface area (Å²) in [4.78, 5) is 10.7. The van der Waals surface area contributed by atoms with E-state index >= 15 is 0 Å². The molecule has 4 heteroatoms. The van der Waals surface area contributed by atoms with Crippen LogP contribution >= 0.6 is 21.6 Å². The molecule has 0 saturated heterocycles. The fraction of sp³-hybridized carbons (Fsp3) is 0.667. The van der Waals surface area contributed by atoms with E-state index in [0.29, 0.717) is 0 Å². The van der Waals surface area contributed by atoms with Crippen molar-refractivity contribution in [2.24, 2.45) is 0 Å². The van der Waals surface area contributed by atoms with Crippen LogP contribution in [0.2, 0.25) is 0 Å². The van der Waals surface area contributed by atoms with Crippen molar-refractivity contribution >= 4 is 26.9 Å². The van der Waals surface area contributed by atoms with E-state index < -0.39 is 0 Å². The van der Waals surface area contributed by atoms with Crippen molar-refractivity contribution in [3.63, 3.8) is 0 Å². The van der Waals surface area contributed by atoms with Gasteiger partial charge in [0.1, 0.15) is 6.10 Å². The Kier molecular flexibility index (Phi) is 6.02. The van der Waals surface area contributed by atoms with Crippen LogP contribution in [0, 0.1) is 6.92 Å². The van der Waals surface area contributed by atoms with E-state index in [1.54, 1.807) is 6.92 Å². The summed E-state index contributed by atoms with van der Waals surface area (Å²) < 4.78 is 4.74. The lowest BCUT2D eigenvalue weighted by Crippen LogP contribution is -2.05. The third-order valence-electron chi connectivity index (χ3n) is 0.542. The molecular formula is C6H11O2S2. The van der Waals surface area contributed by atoms with E-state index in [4.69, 9.17) is 4.74 Å². The molecule has 0 heterocycles. The molecule has 1 atom stereocenters. The van der Waals surface area contributed by atoms with Crippen LogP contribution in [0.1, 0.15) is 13.8 Å². The van der Waals surface area contributed by atoms with Crippen molar-refractivity contribution < 1.29 is 9.53 Å². The molecule has 0 fully saturated rings. The molecule has 0 amide bonds. The molecule has 0 spiro atoms. The second-order valence-corrected chi connectivity index (χ2v) is 4.19. The number of hydrogen-bond donors (Lipinski definition) is 0. The number of carbonyl (C=O) groups excluding carboxylic acids is 1. The summed E-state index contributed by atoms with van der Waals surface area (Å²) in [5.41, 5.74) is 0. The molecule has 0 rings (SSSR count). The number of rotatable bonds is 3. The van der Waals surface area contributed by atoms with Crippen LogP contribution in [-0.4, -0.2) is 17.2 Å². The maximum absolute atomic E-state index is 10.7. The van der Waals surface area contributed by atoms with Crippen molar-refractivity contribution in [2.75, 3.05) is 5.75 Å². The third-order valence-corrected chi connectivity index (χ3v) is 2.60. The van der Waals surface area contributed by atoms with E-state index in [2.05, 4.69) is 6.92 Å². The van der Waals surface area contributed by atoms with Crippen molar-refractivity contribution in [3.05, 3.63) is 6.92 Å². The summed E-state index contributed by atoms with van der Waals surface area (Å²) in [7, 11) is 2.59. The zero-order valence-electron chi connectivity index (χ0n) is 6.12. The first kappa shape index (κ1) is 10.2. The zero-order valence-corrected chi connectivity index (χ0v) is 7.76. The Bertz CT molecular complexity index is 104. The molecular weight excluding hydrogens is 168 g/mol. The average molecular weight is 179 g/mol. The normalized spacial score (nSPS) is 10.0. The number of ether oxygens (including phenoxy) is 1. The first-order valence-corrected chi connectivity index (χ1v) is 5.32. The molecule has 10 heavy (non-hydrogen) atoms. The van der Waals surface area contributed by atoms with Gasteiger partial charge < -0.3 is 4.74 Å². The average Bonchev–Trinajstić information content (AvgIpc) is 1.82. The zero-order chi connectivity index (χ0) is 7.98. The van der Waals surface area contributed by atoms with E-state index in [1.165, 1.54) is 10.8 Å². The minimum atomic E-state index is -0.255. The lowest BCUT2D eigenvalue weighted by Gasteiger charge is -2.04. The van der Waals surface area contributed by atoms with Gasteiger partial charge in [-0.25, -0.2) is 4.79 Å². The van der Waals surface area contributed by atoms with Gasteiger partial charge in [-0.1, -0.05) is 17.7 Å². The fourth-order valence-corrected chi connectivity index (χ4v) is 1.47. The summed E-state index contributed by atoms with van der Waals surface area (Å²) in [6.45, 7) is 7.24. The molecule has 0 aromatic carbocycles. The Morgan fingerprint density at radius 1 is 1.80 bits per heavy atom. The first-order valence-electron chi connectivity index (χ1n) is 3.00. The molecule has 0 aromatic rings. The molecule has 0 aliphatic carbocycles. The van der Waals surface area contributed by atoms with Gasteiger partial charge in [0.2, 0.25) is 0 Å². The molecule has 0 N–H and O–H groups in total. The molecule has 59 valence electrons. The Morgan fingerprint density at radius 2 is 2.40 bits per heavy atom. The standard InChI is InChI=1S/C6H11O2S2/c1-4-9-10-6(7)8-5(2)3/h5H,2,4H2,1,3H3. The molecule has 0 aliphatic heterocycles. The molecule has 0 aromatic heterocycles. The molecule has 0 aliphatic rings. The number of hydrogen-bond acceptors (Lipinski definition) is 4. The summed E-state index contributed by atoms with van der Waals surface area (Å²) in [6, 6.07) is 0. The quantitative estimate of drug-likeness (QED) is 0.491. The Morgan fingerprint density at radius 3 is 2.80 bits per heavy atom. The SMILES string of the molecule is [CH2]C(C)OC(=O)SSCC. The van der Waals surface area contributed by atoms with Crippen LogP contribution in [-0.2, 0) is 4.74 Å². The monoisotopic (exact) mass is 179 g/mol. The molecule has 0 saturated carbocycles. The van der Waals surface area contributed by atoms with Crippen molar-refractivity contribution in [1.82, 2.24) is 0 Å². The lowest BCUT2D eigenvalue weighted by molar-refractivity contribution is 0.154. The van der Waals surface area contributed by atoms with Crippen LogP contribution < -0.4 is 0 Å². The van der Waals surface area contributed by atoms with Crippen molar-refractivity contribution in [3.8, 4) is 0 Å². The first-order chi connectivity index (χ1) is 4.66. The molecule has 0 bridgehead atoms. The van der Waals surface area contributed by atoms with E-state index in [0.717, 1.165) is 16.5 Å². The molecule has 1 unspecified atom stereocenters. The maximum atomic E-state index is 10.7. The predicted molar refractivity (Wildman–Crippen MR) is 47.0 cm³/mol. The van der Waals surface area contributed by atoms with Gasteiger partial charge in [-0.3, -0.25) is 0 Å². The van der Waals surface area contributed by atoms with Crippen molar-refractivity contribution in [1.29, 1.82) is 0 Å². The highest BCUT2D eigenvalue weighted by molar-refractivity contribution is 8.82. The molecule has 1 radical (unpaired) electrons. The van der Waals surface area contributed by atoms with Crippen LogP contribution in [0.3, 0.4) is 0 Å². The summed E-state index contributed by atoms with van der Waals surface area (Å²) in [5, 5.41) is -0.255. The highest BCUT2D eigenvalue weighted by Crippen LogP contribution is 2.23. The van der Waals surface area contributed by atoms with Crippen LogP contribution in [0.4, 0.5) is 4.79 Å².